The van der Waals surface area contributed by atoms with Gasteiger partial charge in [0.05, 0.1) is 12.1 Å². The second-order valence-electron chi connectivity index (χ2n) is 11.8. The van der Waals surface area contributed by atoms with E-state index >= 15 is 0 Å². The molecule has 204 valence electrons. The number of nitrogens with zero attached hydrogens (tertiary/aromatic N) is 2. The molecule has 5 aromatic rings. The van der Waals surface area contributed by atoms with Crippen LogP contribution in [-0.4, -0.2) is 22.8 Å². The number of hydrogen-bond donors (Lipinski definition) is 0. The molecule has 0 N–H and O–H groups in total. The van der Waals surface area contributed by atoms with Gasteiger partial charge in [0.2, 0.25) is 0 Å². The Morgan fingerprint density at radius 2 is 1.36 bits per heavy atom. The highest BCUT2D eigenvalue weighted by atomic mass is 15.3. The fourth-order valence-corrected chi connectivity index (χ4v) is 7.28. The van der Waals surface area contributed by atoms with Crippen LogP contribution in [0.3, 0.4) is 0 Å². The summed E-state index contributed by atoms with van der Waals surface area (Å²) in [5.41, 5.74) is 9.26. The number of benzene rings is 5. The van der Waals surface area contributed by atoms with E-state index in [0.717, 1.165) is 31.5 Å². The maximum atomic E-state index is 5.27. The number of aryl methyl sites for hydroxylation is 1. The summed E-state index contributed by atoms with van der Waals surface area (Å²) in [6.45, 7) is 2.21. The van der Waals surface area contributed by atoms with Crippen LogP contribution in [0.25, 0.3) is 38.2 Å². The Labute approximate surface area is 248 Å². The highest BCUT2D eigenvalue weighted by Gasteiger charge is 2.38. The SMILES string of the molecule is Cc1ccc2c(-c3ccccc3)c3ccccc3c(C3=CC=C(N4C(c5ccccc5)=NC5CCC=CC54)CC3)c2c1. The van der Waals surface area contributed by atoms with Gasteiger partial charge in [0, 0.05) is 11.3 Å². The summed E-state index contributed by atoms with van der Waals surface area (Å²) in [6, 6.07) is 38.2. The summed E-state index contributed by atoms with van der Waals surface area (Å²) in [7, 11) is 0. The lowest BCUT2D eigenvalue weighted by molar-refractivity contribution is 0.384. The number of fused-ring (bicyclic) bond motifs is 3. The fraction of sp³-hybridized carbons (Fsp3) is 0.175. The molecule has 0 aromatic heterocycles. The highest BCUT2D eigenvalue weighted by molar-refractivity contribution is 6.19. The minimum atomic E-state index is 0.310. The normalized spacial score (nSPS) is 19.9. The predicted molar refractivity (Wildman–Crippen MR) is 178 cm³/mol. The molecular weight excluding hydrogens is 508 g/mol. The molecule has 42 heavy (non-hydrogen) atoms. The molecule has 2 heteroatoms. The van der Waals surface area contributed by atoms with Crippen LogP contribution in [0, 0.1) is 6.92 Å². The summed E-state index contributed by atoms with van der Waals surface area (Å²) < 4.78 is 0. The molecule has 8 rings (SSSR count). The molecule has 0 amide bonds. The highest BCUT2D eigenvalue weighted by Crippen LogP contribution is 2.45. The van der Waals surface area contributed by atoms with Crippen molar-refractivity contribution < 1.29 is 0 Å². The summed E-state index contributed by atoms with van der Waals surface area (Å²) in [5.74, 6) is 1.12. The van der Waals surface area contributed by atoms with Crippen molar-refractivity contribution in [2.45, 2.75) is 44.7 Å². The zero-order chi connectivity index (χ0) is 28.0. The van der Waals surface area contributed by atoms with Gasteiger partial charge in [-0.25, -0.2) is 0 Å². The van der Waals surface area contributed by atoms with Crippen LogP contribution in [0.4, 0.5) is 0 Å². The van der Waals surface area contributed by atoms with Gasteiger partial charge in [0.15, 0.2) is 0 Å². The summed E-state index contributed by atoms with van der Waals surface area (Å²) >= 11 is 0. The topological polar surface area (TPSA) is 15.6 Å². The van der Waals surface area contributed by atoms with Gasteiger partial charge in [-0.15, -0.1) is 0 Å². The van der Waals surface area contributed by atoms with Gasteiger partial charge in [0.1, 0.15) is 5.84 Å². The van der Waals surface area contributed by atoms with Crippen molar-refractivity contribution in [3.05, 3.63) is 150 Å². The van der Waals surface area contributed by atoms with Gasteiger partial charge in [-0.2, -0.15) is 0 Å². The molecule has 0 saturated carbocycles. The number of amidine groups is 1. The summed E-state index contributed by atoms with van der Waals surface area (Å²) in [5, 5.41) is 5.32. The Kier molecular flexibility index (Phi) is 6.14. The van der Waals surface area contributed by atoms with Crippen LogP contribution in [0.15, 0.2) is 138 Å². The first-order chi connectivity index (χ1) is 20.8. The number of allylic oxidation sites excluding steroid dienone is 5. The monoisotopic (exact) mass is 542 g/mol. The van der Waals surface area contributed by atoms with E-state index in [1.807, 2.05) is 0 Å². The molecule has 5 aromatic carbocycles. The number of hydrogen-bond acceptors (Lipinski definition) is 2. The molecule has 2 nitrogen and oxygen atoms in total. The molecule has 2 atom stereocenters. The molecule has 3 aliphatic rings. The van der Waals surface area contributed by atoms with Crippen LogP contribution in [0.5, 0.6) is 0 Å². The van der Waals surface area contributed by atoms with Crippen LogP contribution < -0.4 is 0 Å². The standard InChI is InChI=1S/C40H34N2/c1-27-20-25-34-35(26-27)39(33-17-9-8-16-32(33)38(34)28-12-4-2-5-13-28)29-21-23-31(24-22-29)42-37-19-11-10-18-36(37)41-40(42)30-14-6-3-7-15-30/h2-9,11-17,19-21,23,25-26,36-37H,10,18,22,24H2,1H3. The lowest BCUT2D eigenvalue weighted by Gasteiger charge is -2.33. The number of aliphatic imine (C=N–C) groups is 1. The zero-order valence-corrected chi connectivity index (χ0v) is 24.0. The van der Waals surface area contributed by atoms with Crippen molar-refractivity contribution in [2.24, 2.45) is 4.99 Å². The van der Waals surface area contributed by atoms with Gasteiger partial charge < -0.3 is 4.90 Å². The van der Waals surface area contributed by atoms with Gasteiger partial charge >= 0.3 is 0 Å². The minimum Gasteiger partial charge on any atom is -0.321 e. The summed E-state index contributed by atoms with van der Waals surface area (Å²) in [6.07, 6.45) is 13.7. The third-order valence-electron chi connectivity index (χ3n) is 9.20. The molecular formula is C40H34N2. The molecule has 0 fully saturated rings. The first-order valence-corrected chi connectivity index (χ1v) is 15.3. The number of rotatable bonds is 4. The molecule has 0 bridgehead atoms. The first-order valence-electron chi connectivity index (χ1n) is 15.3. The van der Waals surface area contributed by atoms with E-state index in [-0.39, 0.29) is 0 Å². The van der Waals surface area contributed by atoms with Crippen molar-refractivity contribution in [3.8, 4) is 11.1 Å². The fourth-order valence-electron chi connectivity index (χ4n) is 7.28. The van der Waals surface area contributed by atoms with Crippen molar-refractivity contribution in [1.82, 2.24) is 4.90 Å². The van der Waals surface area contributed by atoms with Crippen molar-refractivity contribution in [1.29, 1.82) is 0 Å². The molecule has 0 saturated heterocycles. The largest absolute Gasteiger partial charge is 0.321 e. The Bertz CT molecular complexity index is 1940. The first kappa shape index (κ1) is 25.1. The van der Waals surface area contributed by atoms with Gasteiger partial charge in [-0.3, -0.25) is 4.99 Å². The molecule has 2 unspecified atom stereocenters. The van der Waals surface area contributed by atoms with Crippen LogP contribution in [0.2, 0.25) is 0 Å². The Balaban J connectivity index is 1.29. The second kappa shape index (κ2) is 10.3. The van der Waals surface area contributed by atoms with Crippen molar-refractivity contribution in [3.63, 3.8) is 0 Å². The third kappa shape index (κ3) is 4.13. The third-order valence-corrected chi connectivity index (χ3v) is 9.20. The van der Waals surface area contributed by atoms with Crippen LogP contribution in [0.1, 0.15) is 42.4 Å². The van der Waals surface area contributed by atoms with E-state index in [9.17, 15) is 0 Å². The Hall–Kier alpha value is -4.69. The van der Waals surface area contributed by atoms with E-state index in [4.69, 9.17) is 4.99 Å². The Morgan fingerprint density at radius 3 is 2.10 bits per heavy atom. The molecule has 0 radical (unpaired) electrons. The molecule has 1 heterocycles. The van der Waals surface area contributed by atoms with Gasteiger partial charge in [0.25, 0.3) is 0 Å². The van der Waals surface area contributed by atoms with Crippen molar-refractivity contribution in [2.75, 3.05) is 0 Å². The molecule has 0 spiro atoms. The maximum Gasteiger partial charge on any atom is 0.136 e. The lowest BCUT2D eigenvalue weighted by atomic mass is 9.83. The molecule has 2 aliphatic carbocycles. The Morgan fingerprint density at radius 1 is 0.667 bits per heavy atom. The van der Waals surface area contributed by atoms with E-state index in [0.29, 0.717) is 12.1 Å². The van der Waals surface area contributed by atoms with E-state index in [2.05, 4.69) is 139 Å². The minimum absolute atomic E-state index is 0.310. The van der Waals surface area contributed by atoms with Crippen LogP contribution in [-0.2, 0) is 0 Å². The average Bonchev–Trinajstić information content (AvgIpc) is 3.44. The van der Waals surface area contributed by atoms with Gasteiger partial charge in [-0.05, 0) is 82.5 Å². The average molecular weight is 543 g/mol. The second-order valence-corrected chi connectivity index (χ2v) is 11.8. The smallest absolute Gasteiger partial charge is 0.136 e. The quantitative estimate of drug-likeness (QED) is 0.163. The van der Waals surface area contributed by atoms with Crippen LogP contribution >= 0.6 is 0 Å². The van der Waals surface area contributed by atoms with E-state index < -0.39 is 0 Å². The maximum absolute atomic E-state index is 5.27. The predicted octanol–water partition coefficient (Wildman–Crippen LogP) is 9.88. The van der Waals surface area contributed by atoms with Gasteiger partial charge in [-0.1, -0.05) is 127 Å². The van der Waals surface area contributed by atoms with Crippen molar-refractivity contribution >= 4 is 33.0 Å². The zero-order valence-electron chi connectivity index (χ0n) is 24.0. The lowest BCUT2D eigenvalue weighted by Crippen LogP contribution is -2.39. The van der Waals surface area contributed by atoms with E-state index in [1.54, 1.807) is 0 Å². The molecule has 1 aliphatic heterocycles. The summed E-state index contributed by atoms with van der Waals surface area (Å²) in [4.78, 5) is 7.80. The van der Waals surface area contributed by atoms with E-state index in [1.165, 1.54) is 60.6 Å².